The molecule has 1 N–H and O–H groups in total. The highest BCUT2D eigenvalue weighted by atomic mass is 16.5. The molecule has 8 nitrogen and oxygen atoms in total. The molecule has 1 saturated heterocycles. The Morgan fingerprint density at radius 2 is 1.94 bits per heavy atom. The van der Waals surface area contributed by atoms with E-state index in [-0.39, 0.29) is 18.2 Å². The fourth-order valence-corrected chi connectivity index (χ4v) is 4.47. The zero-order valence-electron chi connectivity index (χ0n) is 17.8. The van der Waals surface area contributed by atoms with E-state index in [1.165, 1.54) is 0 Å². The Balaban J connectivity index is 1.49. The van der Waals surface area contributed by atoms with Gasteiger partial charge in [-0.2, -0.15) is 0 Å². The zero-order valence-corrected chi connectivity index (χ0v) is 17.8. The summed E-state index contributed by atoms with van der Waals surface area (Å²) in [4.78, 5) is 42.9. The third-order valence-corrected chi connectivity index (χ3v) is 6.08. The monoisotopic (exact) mass is 430 g/mol. The van der Waals surface area contributed by atoms with Crippen molar-refractivity contribution < 1.29 is 19.1 Å². The molecule has 0 bridgehead atoms. The van der Waals surface area contributed by atoms with E-state index in [1.807, 2.05) is 48.0 Å². The van der Waals surface area contributed by atoms with Gasteiger partial charge in [0.05, 0.1) is 24.8 Å². The van der Waals surface area contributed by atoms with E-state index in [2.05, 4.69) is 10.3 Å². The molecule has 8 heteroatoms. The summed E-state index contributed by atoms with van der Waals surface area (Å²) in [7, 11) is 3.57. The maximum absolute atomic E-state index is 13.0. The Kier molecular flexibility index (Phi) is 4.77. The second-order valence-electron chi connectivity index (χ2n) is 8.06. The van der Waals surface area contributed by atoms with Gasteiger partial charge in [-0.15, -0.1) is 0 Å². The number of carbonyl (C=O) groups excluding carboxylic acids is 3. The van der Waals surface area contributed by atoms with E-state index < -0.39 is 11.9 Å². The van der Waals surface area contributed by atoms with Crippen molar-refractivity contribution in [3.8, 4) is 28.3 Å². The Morgan fingerprint density at radius 3 is 2.72 bits per heavy atom. The first kappa shape index (κ1) is 20.0. The van der Waals surface area contributed by atoms with E-state index in [0.717, 1.165) is 33.8 Å². The molecule has 0 spiro atoms. The lowest BCUT2D eigenvalue weighted by atomic mass is 10.0. The normalized spacial score (nSPS) is 18.0. The van der Waals surface area contributed by atoms with Gasteiger partial charge in [-0.05, 0) is 36.2 Å². The van der Waals surface area contributed by atoms with Crippen LogP contribution in [0.25, 0.3) is 22.5 Å². The van der Waals surface area contributed by atoms with Gasteiger partial charge in [-0.1, -0.05) is 18.2 Å². The Labute approximate surface area is 184 Å². The third-order valence-electron chi connectivity index (χ3n) is 6.08. The minimum absolute atomic E-state index is 0.185. The third kappa shape index (κ3) is 3.24. The number of hydrogen-bond acceptors (Lipinski definition) is 5. The molecule has 1 fully saturated rings. The average molecular weight is 430 g/mol. The van der Waals surface area contributed by atoms with Gasteiger partial charge in [-0.3, -0.25) is 19.7 Å². The number of aromatic nitrogens is 2. The number of piperidine rings is 1. The molecule has 3 amide bonds. The number of rotatable bonds is 4. The lowest BCUT2D eigenvalue weighted by Gasteiger charge is -2.29. The highest BCUT2D eigenvalue weighted by molar-refractivity contribution is 6.05. The number of methoxy groups -OCH3 is 1. The van der Waals surface area contributed by atoms with Crippen molar-refractivity contribution in [3.05, 3.63) is 59.9 Å². The smallest absolute Gasteiger partial charge is 0.255 e. The summed E-state index contributed by atoms with van der Waals surface area (Å²) in [6.07, 6.45) is 2.34. The molecule has 3 heterocycles. The maximum atomic E-state index is 13.0. The Hall–Kier alpha value is -3.94. The molecule has 1 atom stereocenters. The molecule has 0 radical (unpaired) electrons. The van der Waals surface area contributed by atoms with Gasteiger partial charge in [-0.25, -0.2) is 4.98 Å². The predicted molar refractivity (Wildman–Crippen MR) is 117 cm³/mol. The van der Waals surface area contributed by atoms with Crippen molar-refractivity contribution in [1.29, 1.82) is 0 Å². The average Bonchev–Trinajstić information content (AvgIpc) is 3.33. The summed E-state index contributed by atoms with van der Waals surface area (Å²) in [5.74, 6) is -0.130. The summed E-state index contributed by atoms with van der Waals surface area (Å²) in [6.45, 7) is 0.329. The summed E-state index contributed by atoms with van der Waals surface area (Å²) in [5.41, 5.74) is 5.03. The van der Waals surface area contributed by atoms with Gasteiger partial charge in [0.25, 0.3) is 5.91 Å². The van der Waals surface area contributed by atoms with Crippen molar-refractivity contribution in [2.45, 2.75) is 25.4 Å². The van der Waals surface area contributed by atoms with Crippen molar-refractivity contribution in [2.24, 2.45) is 7.05 Å². The largest absolute Gasteiger partial charge is 0.497 e. The molecule has 3 aromatic rings. The number of fused-ring (bicyclic) bond motifs is 1. The van der Waals surface area contributed by atoms with Crippen molar-refractivity contribution in [1.82, 2.24) is 19.8 Å². The molecule has 2 aliphatic rings. The van der Waals surface area contributed by atoms with Gasteiger partial charge in [0, 0.05) is 36.7 Å². The first-order valence-electron chi connectivity index (χ1n) is 10.4. The number of imide groups is 1. The van der Waals surface area contributed by atoms with E-state index in [0.29, 0.717) is 18.5 Å². The van der Waals surface area contributed by atoms with Crippen LogP contribution in [0.5, 0.6) is 5.75 Å². The highest BCUT2D eigenvalue weighted by Crippen LogP contribution is 2.35. The van der Waals surface area contributed by atoms with Crippen molar-refractivity contribution >= 4 is 17.7 Å². The number of ether oxygens (including phenoxy) is 1. The minimum atomic E-state index is -0.627. The molecule has 162 valence electrons. The Morgan fingerprint density at radius 1 is 1.09 bits per heavy atom. The van der Waals surface area contributed by atoms with E-state index in [9.17, 15) is 14.4 Å². The van der Waals surface area contributed by atoms with Crippen LogP contribution in [0.3, 0.4) is 0 Å². The SMILES string of the molecule is COc1cccc(-c2c(-c3ccc4c(c3)CN(C3CCC(=O)NC3=O)C4=O)ncn2C)c1. The van der Waals surface area contributed by atoms with Crippen molar-refractivity contribution in [3.63, 3.8) is 0 Å². The first-order chi connectivity index (χ1) is 15.5. The van der Waals surface area contributed by atoms with Gasteiger partial charge < -0.3 is 14.2 Å². The summed E-state index contributed by atoms with van der Waals surface area (Å²) in [5, 5.41) is 2.33. The number of imidazole rings is 1. The molecule has 2 aromatic carbocycles. The lowest BCUT2D eigenvalue weighted by Crippen LogP contribution is -2.52. The molecule has 0 saturated carbocycles. The summed E-state index contributed by atoms with van der Waals surface area (Å²) < 4.78 is 7.33. The van der Waals surface area contributed by atoms with Crippen LogP contribution in [0.1, 0.15) is 28.8 Å². The second-order valence-corrected chi connectivity index (χ2v) is 8.06. The topological polar surface area (TPSA) is 93.5 Å². The van der Waals surface area contributed by atoms with Gasteiger partial charge in [0.2, 0.25) is 11.8 Å². The van der Waals surface area contributed by atoms with Gasteiger partial charge >= 0.3 is 0 Å². The summed E-state index contributed by atoms with van der Waals surface area (Å²) >= 11 is 0. The number of aryl methyl sites for hydroxylation is 1. The van der Waals surface area contributed by atoms with Crippen LogP contribution in [0, 0.1) is 0 Å². The molecule has 32 heavy (non-hydrogen) atoms. The fraction of sp³-hybridized carbons (Fsp3) is 0.250. The lowest BCUT2D eigenvalue weighted by molar-refractivity contribution is -0.136. The number of nitrogens with one attached hydrogen (secondary N) is 1. The zero-order chi connectivity index (χ0) is 22.4. The Bertz CT molecular complexity index is 1260. The van der Waals surface area contributed by atoms with Crippen LogP contribution in [-0.2, 0) is 23.2 Å². The maximum Gasteiger partial charge on any atom is 0.255 e. The summed E-state index contributed by atoms with van der Waals surface area (Å²) in [6, 6.07) is 12.8. The first-order valence-corrected chi connectivity index (χ1v) is 10.4. The van der Waals surface area contributed by atoms with Crippen LogP contribution < -0.4 is 10.1 Å². The predicted octanol–water partition coefficient (Wildman–Crippen LogP) is 2.52. The van der Waals surface area contributed by atoms with Gasteiger partial charge in [0.15, 0.2) is 0 Å². The fourth-order valence-electron chi connectivity index (χ4n) is 4.47. The molecule has 1 unspecified atom stereocenters. The van der Waals surface area contributed by atoms with Crippen LogP contribution in [0.4, 0.5) is 0 Å². The molecule has 0 aliphatic carbocycles. The second kappa shape index (κ2) is 7.64. The van der Waals surface area contributed by atoms with Crippen molar-refractivity contribution in [2.75, 3.05) is 7.11 Å². The van der Waals surface area contributed by atoms with Crippen LogP contribution in [-0.4, -0.2) is 45.3 Å². The highest BCUT2D eigenvalue weighted by Gasteiger charge is 2.39. The standard InChI is InChI=1S/C24H22N4O4/c1-27-13-25-21(22(27)15-4-3-5-17(11-15)32-2)14-6-7-18-16(10-14)12-28(24(18)31)19-8-9-20(29)26-23(19)30/h3-7,10-11,13,19H,8-9,12H2,1-2H3,(H,26,29,30). The number of amides is 3. The number of benzene rings is 2. The van der Waals surface area contributed by atoms with Crippen LogP contribution in [0.15, 0.2) is 48.8 Å². The van der Waals surface area contributed by atoms with E-state index in [1.54, 1.807) is 24.4 Å². The van der Waals surface area contributed by atoms with E-state index >= 15 is 0 Å². The number of hydrogen-bond donors (Lipinski definition) is 1. The number of nitrogens with zero attached hydrogens (tertiary/aromatic N) is 3. The molecule has 5 rings (SSSR count). The van der Waals surface area contributed by atoms with Crippen LogP contribution >= 0.6 is 0 Å². The quantitative estimate of drug-likeness (QED) is 0.642. The van der Waals surface area contributed by atoms with Gasteiger partial charge in [0.1, 0.15) is 11.8 Å². The van der Waals surface area contributed by atoms with E-state index in [4.69, 9.17) is 4.74 Å². The number of carbonyl (C=O) groups is 3. The molecule has 1 aromatic heterocycles. The molecular formula is C24H22N4O4. The molecular weight excluding hydrogens is 408 g/mol. The van der Waals surface area contributed by atoms with Crippen LogP contribution in [0.2, 0.25) is 0 Å². The minimum Gasteiger partial charge on any atom is -0.497 e. The molecule has 2 aliphatic heterocycles.